The molecule has 0 unspecified atom stereocenters. The summed E-state index contributed by atoms with van der Waals surface area (Å²) in [5, 5.41) is 15.8. The molecule has 0 aliphatic heterocycles. The molecule has 0 bridgehead atoms. The monoisotopic (exact) mass is 146 g/mol. The second kappa shape index (κ2) is 3.62. The van der Waals surface area contributed by atoms with Crippen molar-refractivity contribution in [1.29, 1.82) is 0 Å². The second-order valence-electron chi connectivity index (χ2n) is 1.54. The summed E-state index contributed by atoms with van der Waals surface area (Å²) in [6.07, 6.45) is 0.637. The average Bonchev–Trinajstić information content (AvgIpc) is 1.85. The highest BCUT2D eigenvalue weighted by atomic mass is 17.1. The van der Waals surface area contributed by atoms with Crippen molar-refractivity contribution in [3.63, 3.8) is 0 Å². The van der Waals surface area contributed by atoms with E-state index in [4.69, 9.17) is 10.4 Å². The fourth-order valence-corrected chi connectivity index (χ4v) is 0.316. The Balaban J connectivity index is 4.19. The highest BCUT2D eigenvalue weighted by Gasteiger charge is 2.05. The summed E-state index contributed by atoms with van der Waals surface area (Å²) in [5.41, 5.74) is -0.171. The van der Waals surface area contributed by atoms with E-state index >= 15 is 0 Å². The minimum Gasteiger partial charge on any atom is -0.478 e. The summed E-state index contributed by atoms with van der Waals surface area (Å²) >= 11 is 0. The summed E-state index contributed by atoms with van der Waals surface area (Å²) < 4.78 is 0. The summed E-state index contributed by atoms with van der Waals surface area (Å²) in [4.78, 5) is 23.4. The maximum absolute atomic E-state index is 10.2. The maximum atomic E-state index is 10.2. The number of carbonyl (C=O) groups excluding carboxylic acids is 1. The van der Waals surface area contributed by atoms with Crippen molar-refractivity contribution >= 4 is 11.9 Å². The molecule has 0 saturated heterocycles. The number of aliphatic carboxylic acids is 1. The molecule has 0 heterocycles. The molecule has 0 radical (unpaired) electrons. The zero-order valence-corrected chi connectivity index (χ0v) is 5.20. The standard InChI is InChI=1S/C5H6O5/c1-3(2-4(6)7)5(8)10-9/h2,9H,1H3,(H,6,7)/b3-2-. The van der Waals surface area contributed by atoms with Crippen LogP contribution in [0.5, 0.6) is 0 Å². The van der Waals surface area contributed by atoms with Gasteiger partial charge in [0.15, 0.2) is 0 Å². The van der Waals surface area contributed by atoms with Gasteiger partial charge in [-0.05, 0) is 6.92 Å². The minimum absolute atomic E-state index is 0.171. The van der Waals surface area contributed by atoms with Gasteiger partial charge in [-0.2, -0.15) is 5.26 Å². The third-order valence-electron chi connectivity index (χ3n) is 0.745. The highest BCUT2D eigenvalue weighted by Crippen LogP contribution is 1.93. The Bertz CT molecular complexity index is 180. The predicted molar refractivity (Wildman–Crippen MR) is 30.1 cm³/mol. The van der Waals surface area contributed by atoms with Crippen LogP contribution >= 0.6 is 0 Å². The zero-order valence-electron chi connectivity index (χ0n) is 5.20. The molecule has 0 aromatic carbocycles. The van der Waals surface area contributed by atoms with E-state index < -0.39 is 11.9 Å². The third kappa shape index (κ3) is 2.83. The molecule has 0 aromatic rings. The smallest absolute Gasteiger partial charge is 0.368 e. The van der Waals surface area contributed by atoms with Crippen LogP contribution in [0.25, 0.3) is 0 Å². The minimum atomic E-state index is -1.26. The normalized spacial score (nSPS) is 10.8. The van der Waals surface area contributed by atoms with E-state index in [0.29, 0.717) is 6.08 Å². The van der Waals surface area contributed by atoms with Gasteiger partial charge in [-0.15, -0.1) is 0 Å². The van der Waals surface area contributed by atoms with Gasteiger partial charge in [0, 0.05) is 11.6 Å². The molecule has 0 aromatic heterocycles. The van der Waals surface area contributed by atoms with E-state index in [0.717, 1.165) is 0 Å². The van der Waals surface area contributed by atoms with Gasteiger partial charge in [0.2, 0.25) is 0 Å². The lowest BCUT2D eigenvalue weighted by molar-refractivity contribution is -0.229. The molecular formula is C5H6O5. The molecule has 0 spiro atoms. The van der Waals surface area contributed by atoms with Gasteiger partial charge in [0.05, 0.1) is 0 Å². The van der Waals surface area contributed by atoms with Crippen LogP contribution in [0.2, 0.25) is 0 Å². The van der Waals surface area contributed by atoms with Crippen molar-refractivity contribution in [2.75, 3.05) is 0 Å². The molecule has 5 nitrogen and oxygen atoms in total. The Hall–Kier alpha value is -1.36. The van der Waals surface area contributed by atoms with Gasteiger partial charge in [-0.1, -0.05) is 0 Å². The molecule has 0 atom stereocenters. The molecule has 0 aliphatic carbocycles. The Morgan fingerprint density at radius 1 is 1.50 bits per heavy atom. The lowest BCUT2D eigenvalue weighted by Crippen LogP contribution is -2.04. The van der Waals surface area contributed by atoms with E-state index in [1.54, 1.807) is 0 Å². The summed E-state index contributed by atoms with van der Waals surface area (Å²) in [6.45, 7) is 1.21. The van der Waals surface area contributed by atoms with Crippen LogP contribution in [0.15, 0.2) is 11.6 Å². The molecule has 0 aliphatic rings. The van der Waals surface area contributed by atoms with E-state index in [1.807, 2.05) is 0 Å². The lowest BCUT2D eigenvalue weighted by atomic mass is 10.3. The SMILES string of the molecule is C/C(=C/C(=O)O)C(=O)OO. The van der Waals surface area contributed by atoms with Gasteiger partial charge in [-0.25, -0.2) is 9.59 Å². The molecule has 10 heavy (non-hydrogen) atoms. The molecule has 56 valence electrons. The number of hydrogen-bond donors (Lipinski definition) is 2. The Morgan fingerprint density at radius 3 is 2.30 bits per heavy atom. The number of carboxylic acid groups (broad SMARTS) is 1. The molecule has 0 fully saturated rings. The van der Waals surface area contributed by atoms with E-state index in [9.17, 15) is 9.59 Å². The average molecular weight is 146 g/mol. The number of carbonyl (C=O) groups is 2. The Kier molecular flexibility index (Phi) is 3.13. The zero-order chi connectivity index (χ0) is 8.15. The number of carboxylic acids is 1. The van der Waals surface area contributed by atoms with Crippen LogP contribution in [0, 0.1) is 0 Å². The van der Waals surface area contributed by atoms with Crippen LogP contribution in [-0.2, 0) is 14.5 Å². The first-order valence-electron chi connectivity index (χ1n) is 2.35. The van der Waals surface area contributed by atoms with Crippen molar-refractivity contribution in [3.05, 3.63) is 11.6 Å². The van der Waals surface area contributed by atoms with Gasteiger partial charge < -0.3 is 5.11 Å². The predicted octanol–water partition coefficient (Wildman–Crippen LogP) is 0.0335. The highest BCUT2D eigenvalue weighted by molar-refractivity contribution is 5.94. The van der Waals surface area contributed by atoms with Crippen molar-refractivity contribution in [2.45, 2.75) is 6.92 Å². The quantitative estimate of drug-likeness (QED) is 0.326. The first-order chi connectivity index (χ1) is 4.57. The molecule has 0 rings (SSSR count). The topological polar surface area (TPSA) is 83.8 Å². The lowest BCUT2D eigenvalue weighted by Gasteiger charge is -1.91. The summed E-state index contributed by atoms with van der Waals surface area (Å²) in [7, 11) is 0. The van der Waals surface area contributed by atoms with E-state index in [-0.39, 0.29) is 5.57 Å². The Morgan fingerprint density at radius 2 is 2.00 bits per heavy atom. The van der Waals surface area contributed by atoms with E-state index in [2.05, 4.69) is 4.89 Å². The fourth-order valence-electron chi connectivity index (χ4n) is 0.316. The maximum Gasteiger partial charge on any atom is 0.368 e. The van der Waals surface area contributed by atoms with E-state index in [1.165, 1.54) is 6.92 Å². The molecule has 0 saturated carbocycles. The van der Waals surface area contributed by atoms with Gasteiger partial charge >= 0.3 is 11.9 Å². The second-order valence-corrected chi connectivity index (χ2v) is 1.54. The van der Waals surface area contributed by atoms with Crippen molar-refractivity contribution in [2.24, 2.45) is 0 Å². The summed E-state index contributed by atoms with van der Waals surface area (Å²) in [5.74, 6) is -2.33. The molecule has 5 heteroatoms. The third-order valence-corrected chi connectivity index (χ3v) is 0.745. The van der Waals surface area contributed by atoms with Crippen LogP contribution in [0.4, 0.5) is 0 Å². The van der Waals surface area contributed by atoms with Gasteiger partial charge in [0.25, 0.3) is 0 Å². The fraction of sp³-hybridized carbons (Fsp3) is 0.200. The van der Waals surface area contributed by atoms with Crippen LogP contribution in [0.1, 0.15) is 6.92 Å². The molecule has 2 N–H and O–H groups in total. The number of hydrogen-bond acceptors (Lipinski definition) is 4. The van der Waals surface area contributed by atoms with Crippen LogP contribution in [-0.4, -0.2) is 22.3 Å². The van der Waals surface area contributed by atoms with Crippen molar-refractivity contribution < 1.29 is 24.8 Å². The first-order valence-corrected chi connectivity index (χ1v) is 2.35. The molecule has 0 amide bonds. The van der Waals surface area contributed by atoms with Crippen LogP contribution < -0.4 is 0 Å². The van der Waals surface area contributed by atoms with Crippen LogP contribution in [0.3, 0.4) is 0 Å². The first kappa shape index (κ1) is 8.64. The number of rotatable bonds is 2. The van der Waals surface area contributed by atoms with Crippen molar-refractivity contribution in [1.82, 2.24) is 0 Å². The largest absolute Gasteiger partial charge is 0.478 e. The summed E-state index contributed by atoms with van der Waals surface area (Å²) in [6, 6.07) is 0. The van der Waals surface area contributed by atoms with Gasteiger partial charge in [-0.3, -0.25) is 4.89 Å². The van der Waals surface area contributed by atoms with Crippen molar-refractivity contribution in [3.8, 4) is 0 Å². The molecular weight excluding hydrogens is 140 g/mol. The Labute approximate surface area is 56.5 Å². The van der Waals surface area contributed by atoms with Gasteiger partial charge in [0.1, 0.15) is 0 Å².